The Kier molecular flexibility index (Phi) is 7.01. The van der Waals surface area contributed by atoms with Crippen molar-refractivity contribution in [2.24, 2.45) is 5.92 Å². The Bertz CT molecular complexity index is 1420. The summed E-state index contributed by atoms with van der Waals surface area (Å²) in [4.78, 5) is 32.4. The van der Waals surface area contributed by atoms with Crippen LogP contribution < -0.4 is 15.0 Å². The first-order valence-corrected chi connectivity index (χ1v) is 14.8. The highest BCUT2D eigenvalue weighted by Crippen LogP contribution is 2.42. The highest BCUT2D eigenvalue weighted by molar-refractivity contribution is 7.17. The molecule has 39 heavy (non-hydrogen) atoms. The summed E-state index contributed by atoms with van der Waals surface area (Å²) in [5.41, 5.74) is 3.63. The molecule has 1 amide bonds. The number of unbranched alkanes of at least 4 members (excludes halogenated alkanes) is 2. The summed E-state index contributed by atoms with van der Waals surface area (Å²) < 4.78 is 7.94. The van der Waals surface area contributed by atoms with Crippen LogP contribution in [-0.2, 0) is 17.8 Å². The van der Waals surface area contributed by atoms with Crippen LogP contribution in [0.4, 0.5) is 10.8 Å². The number of ether oxygens (including phenoxy) is 1. The Hall–Kier alpha value is -3.46. The fraction of sp³-hybridized carbons (Fsp3) is 0.467. The predicted molar refractivity (Wildman–Crippen MR) is 153 cm³/mol. The van der Waals surface area contributed by atoms with Gasteiger partial charge in [0.25, 0.3) is 5.91 Å². The third-order valence-corrected chi connectivity index (χ3v) is 8.58. The first-order valence-electron chi connectivity index (χ1n) is 14.0. The number of allylic oxidation sites excluding steroid dienone is 2. The normalized spacial score (nSPS) is 18.0. The molecule has 1 N–H and O–H groups in total. The molecule has 9 heteroatoms. The first-order chi connectivity index (χ1) is 18.8. The summed E-state index contributed by atoms with van der Waals surface area (Å²) in [5, 5.41) is 8.48. The van der Waals surface area contributed by atoms with Crippen LogP contribution in [0.15, 0.2) is 42.7 Å². The van der Waals surface area contributed by atoms with Gasteiger partial charge in [-0.1, -0.05) is 29.9 Å². The molecule has 1 aromatic carbocycles. The average Bonchev–Trinajstić information content (AvgIpc) is 3.45. The van der Waals surface area contributed by atoms with Crippen LogP contribution in [0, 0.1) is 5.92 Å². The number of aryl methyl sites for hydroxylation is 1. The third kappa shape index (κ3) is 5.93. The number of aromatic nitrogens is 3. The molecule has 0 unspecified atom stereocenters. The Morgan fingerprint density at radius 3 is 2.95 bits per heavy atom. The second kappa shape index (κ2) is 10.6. The molecular formula is C30H35N5O3S. The standard InChI is InChI=1S/C30H35N5O3S/c1-30(2)17-24-27(28(37)33-30)39-29(32-24)35-14-15-38-26-12-10-21(16-25(26)35)22-18-31-34(19-22)13-5-3-4-6-23(36)11-9-20-7-8-20/h9-12,16,18-20H,3-8,13-15,17H2,1-2H3,(H,33,37)/b11-9+. The average molecular weight is 546 g/mol. The number of anilines is 2. The topological polar surface area (TPSA) is 89.3 Å². The van der Waals surface area contributed by atoms with Crippen molar-refractivity contribution >= 4 is 33.8 Å². The van der Waals surface area contributed by atoms with Crippen molar-refractivity contribution in [3.8, 4) is 16.9 Å². The number of amides is 1. The van der Waals surface area contributed by atoms with Gasteiger partial charge in [0.2, 0.25) is 0 Å². The molecule has 4 heterocycles. The molecule has 0 atom stereocenters. The van der Waals surface area contributed by atoms with E-state index in [1.165, 1.54) is 24.2 Å². The summed E-state index contributed by atoms with van der Waals surface area (Å²) in [6.07, 6.45) is 14.6. The maximum atomic E-state index is 12.7. The van der Waals surface area contributed by atoms with Crippen LogP contribution in [0.1, 0.15) is 67.7 Å². The molecular weight excluding hydrogens is 510 g/mol. The van der Waals surface area contributed by atoms with Crippen molar-refractivity contribution in [1.82, 2.24) is 20.1 Å². The van der Waals surface area contributed by atoms with Gasteiger partial charge in [0, 0.05) is 36.7 Å². The number of hydrogen-bond acceptors (Lipinski definition) is 7. The zero-order chi connectivity index (χ0) is 27.0. The maximum absolute atomic E-state index is 12.7. The van der Waals surface area contributed by atoms with Crippen molar-refractivity contribution in [3.63, 3.8) is 0 Å². The van der Waals surface area contributed by atoms with Crippen LogP contribution >= 0.6 is 11.3 Å². The molecule has 0 saturated heterocycles. The van der Waals surface area contributed by atoms with Crippen molar-refractivity contribution in [2.75, 3.05) is 18.1 Å². The fourth-order valence-electron chi connectivity index (χ4n) is 5.17. The number of nitrogens with zero attached hydrogens (tertiary/aromatic N) is 4. The highest BCUT2D eigenvalue weighted by Gasteiger charge is 2.35. The summed E-state index contributed by atoms with van der Waals surface area (Å²) in [5.74, 6) is 1.68. The van der Waals surface area contributed by atoms with E-state index < -0.39 is 0 Å². The minimum absolute atomic E-state index is 0.0448. The lowest BCUT2D eigenvalue weighted by atomic mass is 9.94. The van der Waals surface area contributed by atoms with Gasteiger partial charge in [0.05, 0.1) is 24.1 Å². The lowest BCUT2D eigenvalue weighted by molar-refractivity contribution is -0.114. The molecule has 1 fully saturated rings. The van der Waals surface area contributed by atoms with Gasteiger partial charge >= 0.3 is 0 Å². The van der Waals surface area contributed by atoms with E-state index in [2.05, 4.69) is 39.7 Å². The van der Waals surface area contributed by atoms with E-state index in [0.29, 0.717) is 30.4 Å². The number of fused-ring (bicyclic) bond motifs is 2. The van der Waals surface area contributed by atoms with Gasteiger partial charge in [-0.2, -0.15) is 5.10 Å². The van der Waals surface area contributed by atoms with Crippen LogP contribution in [0.3, 0.4) is 0 Å². The van der Waals surface area contributed by atoms with Crippen LogP contribution in [0.2, 0.25) is 0 Å². The zero-order valence-corrected chi connectivity index (χ0v) is 23.4. The van der Waals surface area contributed by atoms with Crippen LogP contribution in [0.5, 0.6) is 5.75 Å². The lowest BCUT2D eigenvalue weighted by Crippen LogP contribution is -2.48. The van der Waals surface area contributed by atoms with E-state index in [4.69, 9.17) is 9.72 Å². The minimum Gasteiger partial charge on any atom is -0.490 e. The van der Waals surface area contributed by atoms with Gasteiger partial charge in [0.15, 0.2) is 10.9 Å². The first kappa shape index (κ1) is 25.8. The smallest absolute Gasteiger partial charge is 0.263 e. The second-order valence-corrected chi connectivity index (χ2v) is 12.4. The molecule has 0 radical (unpaired) electrons. The van der Waals surface area contributed by atoms with Gasteiger partial charge in [-0.25, -0.2) is 4.98 Å². The lowest BCUT2D eigenvalue weighted by Gasteiger charge is -2.29. The molecule has 2 aliphatic heterocycles. The summed E-state index contributed by atoms with van der Waals surface area (Å²) in [7, 11) is 0. The number of hydrogen-bond donors (Lipinski definition) is 1. The largest absolute Gasteiger partial charge is 0.490 e. The predicted octanol–water partition coefficient (Wildman–Crippen LogP) is 5.70. The quantitative estimate of drug-likeness (QED) is 0.260. The molecule has 8 nitrogen and oxygen atoms in total. The van der Waals surface area contributed by atoms with E-state index in [1.54, 1.807) is 6.08 Å². The van der Waals surface area contributed by atoms with Crippen molar-refractivity contribution in [1.29, 1.82) is 0 Å². The zero-order valence-electron chi connectivity index (χ0n) is 22.6. The summed E-state index contributed by atoms with van der Waals surface area (Å²) in [6, 6.07) is 6.19. The number of ketones is 1. The molecule has 0 bridgehead atoms. The molecule has 3 aliphatic rings. The van der Waals surface area contributed by atoms with Gasteiger partial charge in [-0.15, -0.1) is 0 Å². The highest BCUT2D eigenvalue weighted by atomic mass is 32.1. The van der Waals surface area contributed by atoms with E-state index in [-0.39, 0.29) is 17.2 Å². The molecule has 1 saturated carbocycles. The Balaban J connectivity index is 1.10. The van der Waals surface area contributed by atoms with Crippen LogP contribution in [-0.4, -0.2) is 45.1 Å². The van der Waals surface area contributed by atoms with E-state index in [1.807, 2.05) is 30.8 Å². The Labute approximate surface area is 233 Å². The molecule has 3 aromatic rings. The van der Waals surface area contributed by atoms with E-state index in [0.717, 1.165) is 65.6 Å². The molecule has 204 valence electrons. The Morgan fingerprint density at radius 1 is 1.23 bits per heavy atom. The molecule has 6 rings (SSSR count). The number of nitrogens with one attached hydrogen (secondary N) is 1. The number of rotatable bonds is 10. The number of thiazole rings is 1. The number of carbonyl (C=O) groups excluding carboxylic acids is 2. The second-order valence-electron chi connectivity index (χ2n) is 11.4. The fourth-order valence-corrected chi connectivity index (χ4v) is 6.19. The number of carbonyl (C=O) groups is 2. The summed E-state index contributed by atoms with van der Waals surface area (Å²) in [6.45, 7) is 6.12. The minimum atomic E-state index is -0.296. The van der Waals surface area contributed by atoms with E-state index in [9.17, 15) is 9.59 Å². The van der Waals surface area contributed by atoms with Crippen molar-refractivity contribution in [2.45, 2.75) is 70.9 Å². The molecule has 2 aromatic heterocycles. The maximum Gasteiger partial charge on any atom is 0.263 e. The van der Waals surface area contributed by atoms with Crippen molar-refractivity contribution in [3.05, 3.63) is 53.3 Å². The number of benzene rings is 1. The van der Waals surface area contributed by atoms with Gasteiger partial charge in [-0.3, -0.25) is 14.3 Å². The van der Waals surface area contributed by atoms with E-state index >= 15 is 0 Å². The summed E-state index contributed by atoms with van der Waals surface area (Å²) >= 11 is 1.45. The van der Waals surface area contributed by atoms with Gasteiger partial charge in [-0.05, 0) is 69.2 Å². The Morgan fingerprint density at radius 2 is 2.10 bits per heavy atom. The molecule has 0 spiro atoms. The van der Waals surface area contributed by atoms with Gasteiger partial charge in [0.1, 0.15) is 17.2 Å². The van der Waals surface area contributed by atoms with Gasteiger partial charge < -0.3 is 15.0 Å². The van der Waals surface area contributed by atoms with Crippen molar-refractivity contribution < 1.29 is 14.3 Å². The molecule has 1 aliphatic carbocycles. The third-order valence-electron chi connectivity index (χ3n) is 7.46. The monoisotopic (exact) mass is 545 g/mol. The SMILES string of the molecule is CC1(C)Cc2nc(N3CCOc4ccc(-c5cnn(CCCCCC(=O)/C=C/C6CC6)c5)cc43)sc2C(=O)N1. The van der Waals surface area contributed by atoms with Crippen LogP contribution in [0.25, 0.3) is 11.1 Å².